The summed E-state index contributed by atoms with van der Waals surface area (Å²) >= 11 is 0.844. The van der Waals surface area contributed by atoms with Crippen LogP contribution in [0.25, 0.3) is 0 Å². The third-order valence-electron chi connectivity index (χ3n) is 1.20. The van der Waals surface area contributed by atoms with Gasteiger partial charge in [0, 0.05) is 12.6 Å². The predicted molar refractivity (Wildman–Crippen MR) is 47.0 cm³/mol. The van der Waals surface area contributed by atoms with Gasteiger partial charge < -0.3 is 11.1 Å². The van der Waals surface area contributed by atoms with Crippen molar-refractivity contribution in [2.45, 2.75) is 19.4 Å². The first-order chi connectivity index (χ1) is 6.09. The normalized spacial score (nSPS) is 13.3. The summed E-state index contributed by atoms with van der Waals surface area (Å²) in [5.74, 6) is 0. The second kappa shape index (κ2) is 4.43. The van der Waals surface area contributed by atoms with E-state index in [1.807, 2.05) is 6.92 Å². The highest BCUT2D eigenvalue weighted by molar-refractivity contribution is 7.15. The average Bonchev–Trinajstić information content (AvgIpc) is 2.48. The van der Waals surface area contributed by atoms with E-state index in [9.17, 15) is 8.78 Å². The molecule has 0 spiro atoms. The molecule has 0 aliphatic heterocycles. The van der Waals surface area contributed by atoms with Gasteiger partial charge in [0.2, 0.25) is 5.13 Å². The highest BCUT2D eigenvalue weighted by Crippen LogP contribution is 2.24. The zero-order chi connectivity index (χ0) is 9.84. The van der Waals surface area contributed by atoms with Crippen LogP contribution in [0, 0.1) is 0 Å². The van der Waals surface area contributed by atoms with Crippen LogP contribution in [0.3, 0.4) is 0 Å². The van der Waals surface area contributed by atoms with Gasteiger partial charge in [-0.25, -0.2) is 8.78 Å². The van der Waals surface area contributed by atoms with E-state index in [0.717, 1.165) is 11.3 Å². The Hall–Kier alpha value is -0.820. The maximum atomic E-state index is 12.0. The summed E-state index contributed by atoms with van der Waals surface area (Å²) in [6.45, 7) is 2.31. The van der Waals surface area contributed by atoms with Crippen molar-refractivity contribution in [1.82, 2.24) is 10.2 Å². The van der Waals surface area contributed by atoms with Crippen LogP contribution >= 0.6 is 11.3 Å². The quantitative estimate of drug-likeness (QED) is 0.781. The summed E-state index contributed by atoms with van der Waals surface area (Å²) in [7, 11) is 0. The van der Waals surface area contributed by atoms with Crippen molar-refractivity contribution in [3.05, 3.63) is 5.01 Å². The molecule has 0 aliphatic rings. The van der Waals surface area contributed by atoms with Crippen molar-refractivity contribution >= 4 is 16.5 Å². The molecule has 0 aromatic carbocycles. The number of nitrogens with zero attached hydrogens (tertiary/aromatic N) is 2. The highest BCUT2D eigenvalue weighted by Gasteiger charge is 2.13. The van der Waals surface area contributed by atoms with Gasteiger partial charge in [-0.2, -0.15) is 0 Å². The van der Waals surface area contributed by atoms with Gasteiger partial charge in [0.05, 0.1) is 0 Å². The zero-order valence-electron chi connectivity index (χ0n) is 7.00. The monoisotopic (exact) mass is 208 g/mol. The summed E-state index contributed by atoms with van der Waals surface area (Å²) in [6, 6.07) is -0.0427. The summed E-state index contributed by atoms with van der Waals surface area (Å²) in [5.41, 5.74) is 5.45. The zero-order valence-corrected chi connectivity index (χ0v) is 7.81. The first-order valence-electron chi connectivity index (χ1n) is 3.70. The largest absolute Gasteiger partial charge is 0.359 e. The van der Waals surface area contributed by atoms with Gasteiger partial charge in [0.25, 0.3) is 6.43 Å². The van der Waals surface area contributed by atoms with E-state index in [4.69, 9.17) is 5.73 Å². The second-order valence-corrected chi connectivity index (χ2v) is 3.61. The lowest BCUT2D eigenvalue weighted by molar-refractivity contribution is 0.150. The summed E-state index contributed by atoms with van der Waals surface area (Å²) < 4.78 is 24.1. The third-order valence-corrected chi connectivity index (χ3v) is 2.09. The number of nitrogens with one attached hydrogen (secondary N) is 1. The van der Waals surface area contributed by atoms with Crippen LogP contribution < -0.4 is 11.1 Å². The highest BCUT2D eigenvalue weighted by atomic mass is 32.1. The number of aromatic nitrogens is 2. The average molecular weight is 208 g/mol. The van der Waals surface area contributed by atoms with Crippen LogP contribution in [-0.4, -0.2) is 22.8 Å². The number of anilines is 1. The molecule has 1 heterocycles. The summed E-state index contributed by atoms with van der Waals surface area (Å²) in [6.07, 6.45) is -2.55. The molecule has 3 N–H and O–H groups in total. The van der Waals surface area contributed by atoms with Gasteiger partial charge >= 0.3 is 0 Å². The fourth-order valence-electron chi connectivity index (χ4n) is 0.642. The maximum absolute atomic E-state index is 12.0. The van der Waals surface area contributed by atoms with Gasteiger partial charge in [0.15, 0.2) is 5.01 Å². The van der Waals surface area contributed by atoms with Crippen molar-refractivity contribution in [3.8, 4) is 0 Å². The van der Waals surface area contributed by atoms with E-state index in [-0.39, 0.29) is 11.0 Å². The first kappa shape index (κ1) is 10.3. The molecule has 0 fully saturated rings. The molecule has 0 radical (unpaired) electrons. The molecule has 0 amide bonds. The summed E-state index contributed by atoms with van der Waals surface area (Å²) in [5, 5.41) is 9.76. The Kier molecular flexibility index (Phi) is 3.49. The number of nitrogens with two attached hydrogens (primary N) is 1. The molecule has 4 nitrogen and oxygen atoms in total. The fraction of sp³-hybridized carbons (Fsp3) is 0.667. The van der Waals surface area contributed by atoms with Gasteiger partial charge in [-0.1, -0.05) is 11.3 Å². The molecule has 1 aromatic rings. The number of rotatable bonds is 4. The lowest BCUT2D eigenvalue weighted by atomic mass is 10.4. The molecule has 0 aliphatic carbocycles. The minimum Gasteiger partial charge on any atom is -0.359 e. The topological polar surface area (TPSA) is 63.8 Å². The molecule has 74 valence electrons. The van der Waals surface area contributed by atoms with Crippen LogP contribution in [0.1, 0.15) is 18.4 Å². The van der Waals surface area contributed by atoms with Crippen LogP contribution in [0.15, 0.2) is 0 Å². The molecule has 0 bridgehead atoms. The molecule has 1 rings (SSSR count). The number of alkyl halides is 2. The van der Waals surface area contributed by atoms with E-state index in [1.165, 1.54) is 0 Å². The van der Waals surface area contributed by atoms with Crippen LogP contribution in [0.2, 0.25) is 0 Å². The molecule has 0 saturated heterocycles. The number of hydrogen-bond acceptors (Lipinski definition) is 5. The fourth-order valence-corrected chi connectivity index (χ4v) is 1.25. The Morgan fingerprint density at radius 1 is 1.54 bits per heavy atom. The summed E-state index contributed by atoms with van der Waals surface area (Å²) in [4.78, 5) is 0. The van der Waals surface area contributed by atoms with Crippen molar-refractivity contribution < 1.29 is 8.78 Å². The molecule has 1 unspecified atom stereocenters. The standard InChI is InChI=1S/C6H10F2N4S/c1-3(9)2-10-6-12-11-5(13-6)4(7)8/h3-4H,2,9H2,1H3,(H,10,12). The maximum Gasteiger partial charge on any atom is 0.291 e. The van der Waals surface area contributed by atoms with Crippen molar-refractivity contribution in [2.24, 2.45) is 5.73 Å². The SMILES string of the molecule is CC(N)CNc1nnc(C(F)F)s1. The van der Waals surface area contributed by atoms with E-state index in [0.29, 0.717) is 11.7 Å². The Labute approximate surface area is 78.2 Å². The smallest absolute Gasteiger partial charge is 0.291 e. The minimum absolute atomic E-state index is 0.0427. The van der Waals surface area contributed by atoms with Crippen molar-refractivity contribution in [3.63, 3.8) is 0 Å². The predicted octanol–water partition coefficient (Wildman–Crippen LogP) is 1.23. The van der Waals surface area contributed by atoms with Gasteiger partial charge in [0.1, 0.15) is 0 Å². The number of hydrogen-bond donors (Lipinski definition) is 2. The third kappa shape index (κ3) is 3.19. The second-order valence-electron chi connectivity index (χ2n) is 2.60. The first-order valence-corrected chi connectivity index (χ1v) is 4.52. The molecule has 1 atom stereocenters. The molecule has 1 aromatic heterocycles. The minimum atomic E-state index is -2.55. The van der Waals surface area contributed by atoms with Crippen molar-refractivity contribution in [1.29, 1.82) is 0 Å². The van der Waals surface area contributed by atoms with E-state index in [2.05, 4.69) is 15.5 Å². The Bertz CT molecular complexity index is 263. The molecular weight excluding hydrogens is 198 g/mol. The molecule has 0 saturated carbocycles. The Balaban J connectivity index is 2.49. The lowest BCUT2D eigenvalue weighted by Crippen LogP contribution is -2.25. The van der Waals surface area contributed by atoms with Gasteiger partial charge in [-0.15, -0.1) is 10.2 Å². The number of halogens is 2. The van der Waals surface area contributed by atoms with Crippen molar-refractivity contribution in [2.75, 3.05) is 11.9 Å². The molecule has 13 heavy (non-hydrogen) atoms. The Morgan fingerprint density at radius 3 is 2.69 bits per heavy atom. The van der Waals surface area contributed by atoms with E-state index < -0.39 is 6.43 Å². The van der Waals surface area contributed by atoms with Crippen LogP contribution in [0.5, 0.6) is 0 Å². The van der Waals surface area contributed by atoms with Gasteiger partial charge in [-0.05, 0) is 6.92 Å². The lowest BCUT2D eigenvalue weighted by Gasteiger charge is -2.03. The van der Waals surface area contributed by atoms with Gasteiger partial charge in [-0.3, -0.25) is 0 Å². The van der Waals surface area contributed by atoms with E-state index >= 15 is 0 Å². The van der Waals surface area contributed by atoms with Crippen LogP contribution in [-0.2, 0) is 0 Å². The Morgan fingerprint density at radius 2 is 2.23 bits per heavy atom. The van der Waals surface area contributed by atoms with E-state index in [1.54, 1.807) is 0 Å². The molecular formula is C6H10F2N4S. The molecule has 7 heteroatoms. The van der Waals surface area contributed by atoms with Crippen LogP contribution in [0.4, 0.5) is 13.9 Å².